The molecule has 0 aliphatic heterocycles. The molecule has 4 N–H and O–H groups in total. The molecule has 5 heteroatoms. The van der Waals surface area contributed by atoms with Crippen LogP contribution in [0.4, 0.5) is 0 Å². The number of hydrogen-bond donors (Lipinski definition) is 3. The first kappa shape index (κ1) is 11.5. The maximum atomic E-state index is 11.3. The Morgan fingerprint density at radius 3 is 2.53 bits per heavy atom. The van der Waals surface area contributed by atoms with Crippen molar-refractivity contribution in [3.8, 4) is 0 Å². The van der Waals surface area contributed by atoms with Crippen LogP contribution in [-0.2, 0) is 11.2 Å². The zero-order chi connectivity index (χ0) is 11.3. The molecule has 4 nitrogen and oxygen atoms in total. The van der Waals surface area contributed by atoms with Crippen molar-refractivity contribution in [3.05, 3.63) is 34.9 Å². The van der Waals surface area contributed by atoms with Crippen molar-refractivity contribution < 1.29 is 4.79 Å². The van der Waals surface area contributed by atoms with Gasteiger partial charge in [-0.3, -0.25) is 10.2 Å². The van der Waals surface area contributed by atoms with Crippen LogP contribution < -0.4 is 11.1 Å². The van der Waals surface area contributed by atoms with Crippen molar-refractivity contribution in [2.45, 2.75) is 6.42 Å². The summed E-state index contributed by atoms with van der Waals surface area (Å²) < 4.78 is 0. The predicted octanol–water partition coefficient (Wildman–Crippen LogP) is 0.935. The molecule has 0 aromatic heterocycles. The summed E-state index contributed by atoms with van der Waals surface area (Å²) in [5.74, 6) is -0.216. The third kappa shape index (κ3) is 4.46. The highest BCUT2D eigenvalue weighted by Gasteiger charge is 2.02. The standard InChI is InChI=1S/C10H12ClN3O/c11-8-3-1-7(2-4-8)5-10(15)14-6-9(12)13/h1-4H,5-6H2,(H3,12,13)(H,14,15). The van der Waals surface area contributed by atoms with Gasteiger partial charge < -0.3 is 11.1 Å². The fraction of sp³-hybridized carbons (Fsp3) is 0.200. The third-order valence-corrected chi connectivity index (χ3v) is 2.01. The fourth-order valence-corrected chi connectivity index (χ4v) is 1.17. The van der Waals surface area contributed by atoms with Crippen LogP contribution in [0.3, 0.4) is 0 Å². The zero-order valence-corrected chi connectivity index (χ0v) is 8.84. The lowest BCUT2D eigenvalue weighted by atomic mass is 10.1. The minimum absolute atomic E-state index is 0.0561. The largest absolute Gasteiger partial charge is 0.386 e. The second kappa shape index (κ2) is 5.36. The van der Waals surface area contributed by atoms with Crippen LogP contribution in [0.5, 0.6) is 0 Å². The normalized spacial score (nSPS) is 9.67. The molecule has 0 saturated heterocycles. The molecule has 1 amide bonds. The smallest absolute Gasteiger partial charge is 0.224 e. The molecule has 0 heterocycles. The van der Waals surface area contributed by atoms with Gasteiger partial charge in [-0.15, -0.1) is 0 Å². The second-order valence-electron chi connectivity index (χ2n) is 3.11. The topological polar surface area (TPSA) is 79.0 Å². The van der Waals surface area contributed by atoms with E-state index in [0.717, 1.165) is 5.56 Å². The SMILES string of the molecule is N=C(N)CNC(=O)Cc1ccc(Cl)cc1. The highest BCUT2D eigenvalue weighted by Crippen LogP contribution is 2.09. The van der Waals surface area contributed by atoms with Gasteiger partial charge in [-0.1, -0.05) is 23.7 Å². The van der Waals surface area contributed by atoms with Gasteiger partial charge in [0, 0.05) is 5.02 Å². The van der Waals surface area contributed by atoms with E-state index in [-0.39, 0.29) is 24.7 Å². The van der Waals surface area contributed by atoms with E-state index in [4.69, 9.17) is 22.7 Å². The first-order valence-electron chi connectivity index (χ1n) is 4.42. The average molecular weight is 226 g/mol. The van der Waals surface area contributed by atoms with Crippen LogP contribution in [0.15, 0.2) is 24.3 Å². The number of nitrogens with one attached hydrogen (secondary N) is 2. The molecule has 0 unspecified atom stereocenters. The Morgan fingerprint density at radius 1 is 1.40 bits per heavy atom. The van der Waals surface area contributed by atoms with Crippen LogP contribution in [0.2, 0.25) is 5.02 Å². The maximum Gasteiger partial charge on any atom is 0.224 e. The monoisotopic (exact) mass is 225 g/mol. The van der Waals surface area contributed by atoms with Crippen LogP contribution in [0.25, 0.3) is 0 Å². The van der Waals surface area contributed by atoms with Crippen molar-refractivity contribution >= 4 is 23.3 Å². The Bertz CT molecular complexity index is 361. The summed E-state index contributed by atoms with van der Waals surface area (Å²) >= 11 is 5.71. The second-order valence-corrected chi connectivity index (χ2v) is 3.54. The molecular formula is C10H12ClN3O. The summed E-state index contributed by atoms with van der Waals surface area (Å²) in [6.07, 6.45) is 0.268. The van der Waals surface area contributed by atoms with Crippen LogP contribution in [-0.4, -0.2) is 18.3 Å². The Labute approximate surface area is 92.9 Å². The number of rotatable bonds is 4. The van der Waals surface area contributed by atoms with E-state index >= 15 is 0 Å². The third-order valence-electron chi connectivity index (χ3n) is 1.75. The minimum Gasteiger partial charge on any atom is -0.386 e. The Balaban J connectivity index is 2.44. The molecule has 0 atom stereocenters. The van der Waals surface area contributed by atoms with Crippen LogP contribution in [0, 0.1) is 5.41 Å². The number of amidine groups is 1. The van der Waals surface area contributed by atoms with E-state index in [2.05, 4.69) is 5.32 Å². The Hall–Kier alpha value is -1.55. The number of nitrogens with two attached hydrogens (primary N) is 1. The molecule has 0 fully saturated rings. The average Bonchev–Trinajstić information content (AvgIpc) is 2.19. The van der Waals surface area contributed by atoms with Gasteiger partial charge in [0.05, 0.1) is 13.0 Å². The number of carbonyl (C=O) groups is 1. The van der Waals surface area contributed by atoms with Gasteiger partial charge >= 0.3 is 0 Å². The summed E-state index contributed by atoms with van der Waals surface area (Å²) in [4.78, 5) is 11.3. The lowest BCUT2D eigenvalue weighted by molar-refractivity contribution is -0.120. The fourth-order valence-electron chi connectivity index (χ4n) is 1.04. The molecule has 80 valence electrons. The lowest BCUT2D eigenvalue weighted by Crippen LogP contribution is -2.33. The van der Waals surface area contributed by atoms with Gasteiger partial charge in [-0.25, -0.2) is 0 Å². The highest BCUT2D eigenvalue weighted by molar-refractivity contribution is 6.30. The molecule has 1 aromatic rings. The van der Waals surface area contributed by atoms with E-state index in [1.807, 2.05) is 0 Å². The number of halogens is 1. The molecule has 0 bridgehead atoms. The molecular weight excluding hydrogens is 214 g/mol. The predicted molar refractivity (Wildman–Crippen MR) is 60.1 cm³/mol. The highest BCUT2D eigenvalue weighted by atomic mass is 35.5. The van der Waals surface area contributed by atoms with Crippen LogP contribution in [0.1, 0.15) is 5.56 Å². The van der Waals surface area contributed by atoms with Gasteiger partial charge in [0.1, 0.15) is 5.84 Å². The van der Waals surface area contributed by atoms with E-state index in [1.54, 1.807) is 24.3 Å². The Morgan fingerprint density at radius 2 is 2.00 bits per heavy atom. The number of hydrogen-bond acceptors (Lipinski definition) is 2. The number of benzene rings is 1. The molecule has 1 aromatic carbocycles. The maximum absolute atomic E-state index is 11.3. The summed E-state index contributed by atoms with van der Waals surface area (Å²) in [7, 11) is 0. The molecule has 15 heavy (non-hydrogen) atoms. The number of carbonyl (C=O) groups excluding carboxylic acids is 1. The summed E-state index contributed by atoms with van der Waals surface area (Å²) in [6.45, 7) is 0.0897. The molecule has 0 radical (unpaired) electrons. The molecule has 1 rings (SSSR count). The van der Waals surface area contributed by atoms with Crippen molar-refractivity contribution in [2.75, 3.05) is 6.54 Å². The molecule has 0 saturated carbocycles. The molecule has 0 spiro atoms. The summed E-state index contributed by atoms with van der Waals surface area (Å²) in [5.41, 5.74) is 5.98. The Kier molecular flexibility index (Phi) is 4.12. The molecule has 0 aliphatic rings. The quantitative estimate of drug-likeness (QED) is 0.527. The first-order chi connectivity index (χ1) is 7.08. The van der Waals surface area contributed by atoms with E-state index < -0.39 is 0 Å². The van der Waals surface area contributed by atoms with Gasteiger partial charge in [0.2, 0.25) is 5.91 Å². The first-order valence-corrected chi connectivity index (χ1v) is 4.80. The van der Waals surface area contributed by atoms with Crippen molar-refractivity contribution in [2.24, 2.45) is 5.73 Å². The van der Waals surface area contributed by atoms with Gasteiger partial charge in [-0.2, -0.15) is 0 Å². The lowest BCUT2D eigenvalue weighted by Gasteiger charge is -2.03. The van der Waals surface area contributed by atoms with Crippen LogP contribution >= 0.6 is 11.6 Å². The molecule has 0 aliphatic carbocycles. The van der Waals surface area contributed by atoms with Crippen molar-refractivity contribution in [3.63, 3.8) is 0 Å². The minimum atomic E-state index is -0.160. The van der Waals surface area contributed by atoms with E-state index in [1.165, 1.54) is 0 Å². The van der Waals surface area contributed by atoms with Crippen molar-refractivity contribution in [1.29, 1.82) is 5.41 Å². The van der Waals surface area contributed by atoms with Gasteiger partial charge in [-0.05, 0) is 17.7 Å². The zero-order valence-electron chi connectivity index (χ0n) is 8.09. The van der Waals surface area contributed by atoms with E-state index in [9.17, 15) is 4.79 Å². The van der Waals surface area contributed by atoms with E-state index in [0.29, 0.717) is 5.02 Å². The summed E-state index contributed by atoms with van der Waals surface area (Å²) in [6, 6.07) is 7.04. The number of amides is 1. The van der Waals surface area contributed by atoms with Crippen molar-refractivity contribution in [1.82, 2.24) is 5.32 Å². The van der Waals surface area contributed by atoms with Gasteiger partial charge in [0.15, 0.2) is 0 Å². The van der Waals surface area contributed by atoms with Gasteiger partial charge in [0.25, 0.3) is 0 Å². The summed E-state index contributed by atoms with van der Waals surface area (Å²) in [5, 5.41) is 10.1.